The first kappa shape index (κ1) is 15.0. The fourth-order valence-electron chi connectivity index (χ4n) is 2.41. The molecule has 0 saturated heterocycles. The van der Waals surface area contributed by atoms with Crippen LogP contribution < -0.4 is 5.73 Å². The molecule has 0 radical (unpaired) electrons. The molecule has 0 bridgehead atoms. The summed E-state index contributed by atoms with van der Waals surface area (Å²) in [5.41, 5.74) is 5.90. The number of carbonyl (C=O) groups is 2. The summed E-state index contributed by atoms with van der Waals surface area (Å²) in [6.45, 7) is 3.84. The summed E-state index contributed by atoms with van der Waals surface area (Å²) in [4.78, 5) is 25.3. The highest BCUT2D eigenvalue weighted by Crippen LogP contribution is 2.25. The van der Waals surface area contributed by atoms with Crippen LogP contribution in [0.25, 0.3) is 0 Å². The number of hydrogen-bond acceptors (Lipinski definition) is 4. The van der Waals surface area contributed by atoms with E-state index in [0.717, 1.165) is 25.7 Å². The van der Waals surface area contributed by atoms with Crippen molar-refractivity contribution in [2.75, 3.05) is 13.7 Å². The maximum absolute atomic E-state index is 12.4. The van der Waals surface area contributed by atoms with E-state index in [4.69, 9.17) is 5.73 Å². The summed E-state index contributed by atoms with van der Waals surface area (Å²) in [5, 5.41) is 0. The molecule has 0 heterocycles. The van der Waals surface area contributed by atoms with Crippen molar-refractivity contribution in [3.8, 4) is 0 Å². The summed E-state index contributed by atoms with van der Waals surface area (Å²) < 4.78 is 4.63. The molecule has 1 fully saturated rings. The van der Waals surface area contributed by atoms with Crippen LogP contribution in [0.15, 0.2) is 0 Å². The summed E-state index contributed by atoms with van der Waals surface area (Å²) >= 11 is 0. The van der Waals surface area contributed by atoms with E-state index < -0.39 is 0 Å². The third kappa shape index (κ3) is 3.98. The van der Waals surface area contributed by atoms with Gasteiger partial charge in [0.1, 0.15) is 6.54 Å². The Kier molecular flexibility index (Phi) is 5.59. The maximum atomic E-state index is 12.4. The molecule has 1 aliphatic rings. The van der Waals surface area contributed by atoms with Gasteiger partial charge in [-0.05, 0) is 33.1 Å². The molecule has 5 nitrogen and oxygen atoms in total. The number of nitrogens with zero attached hydrogens (tertiary/aromatic N) is 1. The fraction of sp³-hybridized carbons (Fsp3) is 0.846. The average molecular weight is 256 g/mol. The number of esters is 1. The van der Waals surface area contributed by atoms with Gasteiger partial charge in [-0.1, -0.05) is 6.42 Å². The molecule has 2 atom stereocenters. The Morgan fingerprint density at radius 1 is 1.39 bits per heavy atom. The number of methoxy groups -OCH3 is 1. The third-order valence-corrected chi connectivity index (χ3v) is 3.50. The van der Waals surface area contributed by atoms with E-state index in [0.29, 0.717) is 0 Å². The zero-order chi connectivity index (χ0) is 13.7. The predicted molar refractivity (Wildman–Crippen MR) is 68.8 cm³/mol. The number of ether oxygens (including phenoxy) is 1. The molecule has 104 valence electrons. The van der Waals surface area contributed by atoms with Crippen molar-refractivity contribution in [3.05, 3.63) is 0 Å². The molecule has 1 saturated carbocycles. The van der Waals surface area contributed by atoms with Gasteiger partial charge in [0, 0.05) is 18.0 Å². The first-order valence-electron chi connectivity index (χ1n) is 6.58. The highest BCUT2D eigenvalue weighted by atomic mass is 16.5. The van der Waals surface area contributed by atoms with Crippen molar-refractivity contribution in [2.24, 2.45) is 11.7 Å². The number of rotatable bonds is 4. The summed E-state index contributed by atoms with van der Waals surface area (Å²) in [5.74, 6) is -0.386. The molecular formula is C13H24N2O3. The minimum absolute atomic E-state index is 0.00486. The van der Waals surface area contributed by atoms with Crippen LogP contribution in [-0.4, -0.2) is 42.5 Å². The van der Waals surface area contributed by atoms with Crippen LogP contribution in [0.3, 0.4) is 0 Å². The van der Waals surface area contributed by atoms with Gasteiger partial charge in [-0.3, -0.25) is 9.59 Å². The maximum Gasteiger partial charge on any atom is 0.325 e. The van der Waals surface area contributed by atoms with Gasteiger partial charge in [0.05, 0.1) is 7.11 Å². The van der Waals surface area contributed by atoms with Crippen LogP contribution in [0, 0.1) is 5.92 Å². The Hall–Kier alpha value is -1.10. The van der Waals surface area contributed by atoms with E-state index in [1.54, 1.807) is 4.90 Å². The second-order valence-electron chi connectivity index (χ2n) is 5.26. The highest BCUT2D eigenvalue weighted by Gasteiger charge is 2.31. The molecule has 1 aliphatic carbocycles. The van der Waals surface area contributed by atoms with E-state index in [1.807, 2.05) is 13.8 Å². The molecule has 18 heavy (non-hydrogen) atoms. The molecule has 0 spiro atoms. The topological polar surface area (TPSA) is 72.6 Å². The van der Waals surface area contributed by atoms with Crippen LogP contribution >= 0.6 is 0 Å². The molecule has 5 heteroatoms. The van der Waals surface area contributed by atoms with Gasteiger partial charge in [0.25, 0.3) is 0 Å². The van der Waals surface area contributed by atoms with Gasteiger partial charge >= 0.3 is 5.97 Å². The van der Waals surface area contributed by atoms with Crippen molar-refractivity contribution in [1.82, 2.24) is 4.90 Å². The molecule has 0 aromatic carbocycles. The number of hydrogen-bond donors (Lipinski definition) is 1. The monoisotopic (exact) mass is 256 g/mol. The van der Waals surface area contributed by atoms with Gasteiger partial charge in [0.15, 0.2) is 0 Å². The van der Waals surface area contributed by atoms with E-state index in [-0.39, 0.29) is 36.4 Å². The molecule has 1 rings (SSSR count). The first-order chi connectivity index (χ1) is 8.45. The summed E-state index contributed by atoms with van der Waals surface area (Å²) in [6, 6.07) is 0.106. The molecule has 2 unspecified atom stereocenters. The predicted octanol–water partition coefficient (Wildman–Crippen LogP) is 0.914. The van der Waals surface area contributed by atoms with E-state index in [9.17, 15) is 9.59 Å². The number of amides is 1. The second-order valence-corrected chi connectivity index (χ2v) is 5.26. The summed E-state index contributed by atoms with van der Waals surface area (Å²) in [6.07, 6.45) is 3.57. The molecule has 0 aromatic heterocycles. The summed E-state index contributed by atoms with van der Waals surface area (Å²) in [7, 11) is 1.34. The van der Waals surface area contributed by atoms with Crippen LogP contribution in [0.5, 0.6) is 0 Å². The Labute approximate surface area is 109 Å². The number of carbonyl (C=O) groups excluding carboxylic acids is 2. The van der Waals surface area contributed by atoms with Gasteiger partial charge in [-0.15, -0.1) is 0 Å². The fourth-order valence-corrected chi connectivity index (χ4v) is 2.41. The van der Waals surface area contributed by atoms with E-state index in [1.165, 1.54) is 7.11 Å². The molecule has 0 aromatic rings. The quantitative estimate of drug-likeness (QED) is 0.759. The zero-order valence-electron chi connectivity index (χ0n) is 11.5. The van der Waals surface area contributed by atoms with Crippen LogP contribution in [0.1, 0.15) is 39.5 Å². The third-order valence-electron chi connectivity index (χ3n) is 3.50. The molecular weight excluding hydrogens is 232 g/mol. The lowest BCUT2D eigenvalue weighted by atomic mass is 9.85. The van der Waals surface area contributed by atoms with Gasteiger partial charge in [-0.2, -0.15) is 0 Å². The largest absolute Gasteiger partial charge is 0.468 e. The van der Waals surface area contributed by atoms with Gasteiger partial charge in [0.2, 0.25) is 5.91 Å². The Balaban J connectivity index is 2.66. The lowest BCUT2D eigenvalue weighted by Gasteiger charge is -2.33. The Morgan fingerprint density at radius 2 is 2.06 bits per heavy atom. The smallest absolute Gasteiger partial charge is 0.325 e. The van der Waals surface area contributed by atoms with Crippen LogP contribution in [0.2, 0.25) is 0 Å². The van der Waals surface area contributed by atoms with Crippen LogP contribution in [-0.2, 0) is 14.3 Å². The molecule has 1 amide bonds. The average Bonchev–Trinajstić information content (AvgIpc) is 2.34. The van der Waals surface area contributed by atoms with Gasteiger partial charge < -0.3 is 15.4 Å². The minimum Gasteiger partial charge on any atom is -0.468 e. The van der Waals surface area contributed by atoms with E-state index in [2.05, 4.69) is 4.74 Å². The lowest BCUT2D eigenvalue weighted by Crippen LogP contribution is -2.46. The van der Waals surface area contributed by atoms with Crippen molar-refractivity contribution in [1.29, 1.82) is 0 Å². The van der Waals surface area contributed by atoms with Crippen molar-refractivity contribution >= 4 is 11.9 Å². The van der Waals surface area contributed by atoms with Gasteiger partial charge in [-0.25, -0.2) is 0 Å². The van der Waals surface area contributed by atoms with Crippen LogP contribution in [0.4, 0.5) is 0 Å². The molecule has 2 N–H and O–H groups in total. The van der Waals surface area contributed by atoms with Crippen molar-refractivity contribution in [3.63, 3.8) is 0 Å². The van der Waals surface area contributed by atoms with E-state index >= 15 is 0 Å². The zero-order valence-corrected chi connectivity index (χ0v) is 11.5. The Bertz CT molecular complexity index is 305. The number of nitrogens with two attached hydrogens (primary N) is 1. The SMILES string of the molecule is COC(=O)CN(C(=O)C1CCCC(N)C1)C(C)C. The highest BCUT2D eigenvalue weighted by molar-refractivity contribution is 5.84. The first-order valence-corrected chi connectivity index (χ1v) is 6.58. The van der Waals surface area contributed by atoms with Crippen molar-refractivity contribution < 1.29 is 14.3 Å². The normalized spacial score (nSPS) is 23.8. The Morgan fingerprint density at radius 3 is 2.56 bits per heavy atom. The lowest BCUT2D eigenvalue weighted by molar-refractivity contribution is -0.150. The van der Waals surface area contributed by atoms with Crippen molar-refractivity contribution in [2.45, 2.75) is 51.6 Å². The second kappa shape index (κ2) is 6.73. The molecule has 0 aliphatic heterocycles. The standard InChI is InChI=1S/C13H24N2O3/c1-9(2)15(8-12(16)18-3)13(17)10-5-4-6-11(14)7-10/h9-11H,4-8,14H2,1-3H3. The minimum atomic E-state index is -0.378.